The lowest BCUT2D eigenvalue weighted by Crippen LogP contribution is -2.30. The predicted molar refractivity (Wildman–Crippen MR) is 116 cm³/mol. The molecule has 1 aromatic heterocycles. The summed E-state index contributed by atoms with van der Waals surface area (Å²) in [5, 5.41) is 7.01. The molecule has 6 heteroatoms. The maximum atomic E-state index is 12.6. The number of aromatic nitrogens is 3. The molecular weight excluding hydrogens is 376 g/mol. The van der Waals surface area contributed by atoms with Crippen LogP contribution in [0.5, 0.6) is 5.75 Å². The van der Waals surface area contributed by atoms with Crippen LogP contribution in [0.1, 0.15) is 12.5 Å². The zero-order valence-corrected chi connectivity index (χ0v) is 16.6. The van der Waals surface area contributed by atoms with E-state index in [0.717, 1.165) is 16.7 Å². The number of rotatable bonds is 7. The van der Waals surface area contributed by atoms with Crippen LogP contribution in [-0.2, 0) is 11.3 Å². The third-order valence-electron chi connectivity index (χ3n) is 4.65. The van der Waals surface area contributed by atoms with Gasteiger partial charge in [-0.1, -0.05) is 54.6 Å². The first-order valence-corrected chi connectivity index (χ1v) is 9.72. The second-order valence-corrected chi connectivity index (χ2v) is 6.93. The monoisotopic (exact) mass is 398 g/mol. The van der Waals surface area contributed by atoms with Crippen LogP contribution in [0.25, 0.3) is 11.1 Å². The topological polar surface area (TPSA) is 69.0 Å². The van der Waals surface area contributed by atoms with Gasteiger partial charge in [-0.05, 0) is 47.9 Å². The first-order chi connectivity index (χ1) is 14.7. The number of hydrogen-bond acceptors (Lipinski definition) is 4. The Hall–Kier alpha value is -3.93. The minimum atomic E-state index is -0.633. The van der Waals surface area contributed by atoms with Crippen LogP contribution >= 0.6 is 0 Å². The number of benzene rings is 3. The fourth-order valence-corrected chi connectivity index (χ4v) is 3.11. The molecule has 0 saturated carbocycles. The number of nitrogens with one attached hydrogen (secondary N) is 1. The van der Waals surface area contributed by atoms with Crippen LogP contribution in [0.4, 0.5) is 5.69 Å². The lowest BCUT2D eigenvalue weighted by Gasteiger charge is -2.15. The summed E-state index contributed by atoms with van der Waals surface area (Å²) in [6.07, 6.45) is 2.52. The van der Waals surface area contributed by atoms with Gasteiger partial charge < -0.3 is 10.1 Å². The molecule has 30 heavy (non-hydrogen) atoms. The molecule has 1 heterocycles. The summed E-state index contributed by atoms with van der Waals surface area (Å²) in [4.78, 5) is 16.5. The molecule has 0 aliphatic heterocycles. The number of carbonyl (C=O) groups is 1. The van der Waals surface area contributed by atoms with Crippen LogP contribution < -0.4 is 10.1 Å². The maximum absolute atomic E-state index is 12.6. The second kappa shape index (κ2) is 9.05. The highest BCUT2D eigenvalue weighted by Crippen LogP contribution is 2.23. The molecule has 1 amide bonds. The van der Waals surface area contributed by atoms with Gasteiger partial charge in [-0.25, -0.2) is 9.67 Å². The SMILES string of the molecule is CC(Oc1ccc(-c2ccccc2)cc1)C(=O)Nc1cccc(Cn2cncn2)c1. The molecule has 1 N–H and O–H groups in total. The molecule has 1 atom stereocenters. The van der Waals surface area contributed by atoms with E-state index in [2.05, 4.69) is 27.5 Å². The van der Waals surface area contributed by atoms with Crippen molar-refractivity contribution in [2.24, 2.45) is 0 Å². The second-order valence-electron chi connectivity index (χ2n) is 6.93. The van der Waals surface area contributed by atoms with Gasteiger partial charge in [-0.2, -0.15) is 5.10 Å². The molecule has 1 unspecified atom stereocenters. The highest BCUT2D eigenvalue weighted by Gasteiger charge is 2.15. The van der Waals surface area contributed by atoms with E-state index >= 15 is 0 Å². The van der Waals surface area contributed by atoms with Gasteiger partial charge in [0.2, 0.25) is 0 Å². The first kappa shape index (κ1) is 19.4. The standard InChI is InChI=1S/C24H22N4O2/c1-18(30-23-12-10-21(11-13-23)20-7-3-2-4-8-20)24(29)27-22-9-5-6-19(14-22)15-28-17-25-16-26-28/h2-14,16-18H,15H2,1H3,(H,27,29). The van der Waals surface area contributed by atoms with Gasteiger partial charge in [0.05, 0.1) is 6.54 Å². The first-order valence-electron chi connectivity index (χ1n) is 9.72. The van der Waals surface area contributed by atoms with Crippen molar-refractivity contribution >= 4 is 11.6 Å². The van der Waals surface area contributed by atoms with Gasteiger partial charge in [0, 0.05) is 5.69 Å². The number of carbonyl (C=O) groups excluding carboxylic acids is 1. The number of anilines is 1. The van der Waals surface area contributed by atoms with E-state index in [9.17, 15) is 4.79 Å². The van der Waals surface area contributed by atoms with Crippen LogP contribution in [0.15, 0.2) is 91.5 Å². The van der Waals surface area contributed by atoms with Crippen molar-refractivity contribution in [3.63, 3.8) is 0 Å². The average molecular weight is 398 g/mol. The van der Waals surface area contributed by atoms with E-state index in [1.807, 2.05) is 66.7 Å². The Bertz CT molecular complexity index is 1090. The number of amides is 1. The minimum absolute atomic E-state index is 0.208. The van der Waals surface area contributed by atoms with Gasteiger partial charge in [0.1, 0.15) is 18.4 Å². The molecule has 0 bridgehead atoms. The van der Waals surface area contributed by atoms with Gasteiger partial charge in [-0.3, -0.25) is 4.79 Å². The van der Waals surface area contributed by atoms with Crippen molar-refractivity contribution in [2.45, 2.75) is 19.6 Å². The Balaban J connectivity index is 1.36. The fraction of sp³-hybridized carbons (Fsp3) is 0.125. The minimum Gasteiger partial charge on any atom is -0.481 e. The summed E-state index contributed by atoms with van der Waals surface area (Å²) in [7, 11) is 0. The Morgan fingerprint density at radius 1 is 1.00 bits per heavy atom. The van der Waals surface area contributed by atoms with Crippen LogP contribution in [0.3, 0.4) is 0 Å². The van der Waals surface area contributed by atoms with Crippen molar-refractivity contribution in [1.82, 2.24) is 14.8 Å². The molecule has 6 nitrogen and oxygen atoms in total. The van der Waals surface area contributed by atoms with Crippen LogP contribution in [-0.4, -0.2) is 26.8 Å². The Morgan fingerprint density at radius 3 is 2.50 bits per heavy atom. The zero-order valence-electron chi connectivity index (χ0n) is 16.6. The predicted octanol–water partition coefficient (Wildman–Crippen LogP) is 4.40. The summed E-state index contributed by atoms with van der Waals surface area (Å²) in [5.41, 5.74) is 3.97. The number of hydrogen-bond donors (Lipinski definition) is 1. The van der Waals surface area contributed by atoms with Crippen molar-refractivity contribution in [3.8, 4) is 16.9 Å². The van der Waals surface area contributed by atoms with Crippen molar-refractivity contribution in [1.29, 1.82) is 0 Å². The van der Waals surface area contributed by atoms with E-state index in [0.29, 0.717) is 18.0 Å². The Kier molecular flexibility index (Phi) is 5.85. The molecule has 0 spiro atoms. The molecular formula is C24H22N4O2. The van der Waals surface area contributed by atoms with E-state index < -0.39 is 6.10 Å². The Morgan fingerprint density at radius 2 is 1.77 bits per heavy atom. The molecule has 4 aromatic rings. The molecule has 0 radical (unpaired) electrons. The van der Waals surface area contributed by atoms with E-state index in [1.54, 1.807) is 17.9 Å². The Labute approximate surface area is 175 Å². The van der Waals surface area contributed by atoms with E-state index in [1.165, 1.54) is 6.33 Å². The zero-order chi connectivity index (χ0) is 20.8. The molecule has 0 aliphatic carbocycles. The molecule has 0 aliphatic rings. The van der Waals surface area contributed by atoms with E-state index in [-0.39, 0.29) is 5.91 Å². The average Bonchev–Trinajstić information content (AvgIpc) is 3.28. The summed E-state index contributed by atoms with van der Waals surface area (Å²) >= 11 is 0. The van der Waals surface area contributed by atoms with Crippen molar-refractivity contribution in [3.05, 3.63) is 97.1 Å². The van der Waals surface area contributed by atoms with Crippen LogP contribution in [0, 0.1) is 0 Å². The van der Waals surface area contributed by atoms with Crippen molar-refractivity contribution in [2.75, 3.05) is 5.32 Å². The van der Waals surface area contributed by atoms with Gasteiger partial charge in [0.15, 0.2) is 6.10 Å². The summed E-state index contributed by atoms with van der Waals surface area (Å²) < 4.78 is 7.55. The number of ether oxygens (including phenoxy) is 1. The smallest absolute Gasteiger partial charge is 0.265 e. The summed E-state index contributed by atoms with van der Waals surface area (Å²) in [6, 6.07) is 25.5. The highest BCUT2D eigenvalue weighted by atomic mass is 16.5. The third kappa shape index (κ3) is 4.91. The normalized spacial score (nSPS) is 11.6. The maximum Gasteiger partial charge on any atom is 0.265 e. The summed E-state index contributed by atoms with van der Waals surface area (Å²) in [6.45, 7) is 2.32. The van der Waals surface area contributed by atoms with Crippen LogP contribution in [0.2, 0.25) is 0 Å². The lowest BCUT2D eigenvalue weighted by atomic mass is 10.1. The molecule has 3 aromatic carbocycles. The lowest BCUT2D eigenvalue weighted by molar-refractivity contribution is -0.122. The molecule has 150 valence electrons. The van der Waals surface area contributed by atoms with Crippen molar-refractivity contribution < 1.29 is 9.53 Å². The fourth-order valence-electron chi connectivity index (χ4n) is 3.11. The quantitative estimate of drug-likeness (QED) is 0.501. The molecule has 0 saturated heterocycles. The van der Waals surface area contributed by atoms with Gasteiger partial charge in [-0.15, -0.1) is 0 Å². The third-order valence-corrected chi connectivity index (χ3v) is 4.65. The number of nitrogens with zero attached hydrogens (tertiary/aromatic N) is 3. The largest absolute Gasteiger partial charge is 0.481 e. The van der Waals surface area contributed by atoms with Gasteiger partial charge in [0.25, 0.3) is 5.91 Å². The molecule has 0 fully saturated rings. The highest BCUT2D eigenvalue weighted by molar-refractivity contribution is 5.94. The summed E-state index contributed by atoms with van der Waals surface area (Å²) in [5.74, 6) is 0.442. The van der Waals surface area contributed by atoms with Gasteiger partial charge >= 0.3 is 0 Å². The van der Waals surface area contributed by atoms with E-state index in [4.69, 9.17) is 4.74 Å². The molecule has 4 rings (SSSR count).